The van der Waals surface area contributed by atoms with Gasteiger partial charge < -0.3 is 51.9 Å². The minimum atomic E-state index is -0.431. The summed E-state index contributed by atoms with van der Waals surface area (Å²) in [7, 11) is 0. The first-order valence-electron chi connectivity index (χ1n) is 28.9. The van der Waals surface area contributed by atoms with Crippen molar-refractivity contribution in [2.75, 3.05) is 79.8 Å². The number of furan rings is 1. The van der Waals surface area contributed by atoms with Gasteiger partial charge in [-0.05, 0) is 131 Å². The fourth-order valence-corrected chi connectivity index (χ4v) is 10.3. The van der Waals surface area contributed by atoms with Crippen molar-refractivity contribution in [2.24, 2.45) is 0 Å². The lowest BCUT2D eigenvalue weighted by molar-refractivity contribution is 0.0707. The summed E-state index contributed by atoms with van der Waals surface area (Å²) in [6, 6.07) is 45.8. The van der Waals surface area contributed by atoms with Gasteiger partial charge in [-0.2, -0.15) is 0 Å². The second-order valence-electron chi connectivity index (χ2n) is 21.0. The summed E-state index contributed by atoms with van der Waals surface area (Å²) in [5.41, 5.74) is 19.0. The monoisotopic (exact) mass is 1180 g/mol. The van der Waals surface area contributed by atoms with Gasteiger partial charge in [0.1, 0.15) is 11.4 Å². The van der Waals surface area contributed by atoms with E-state index in [0.29, 0.717) is 69.3 Å². The summed E-state index contributed by atoms with van der Waals surface area (Å²) in [6.07, 6.45) is 11.8. The molecule has 21 nitrogen and oxygen atoms in total. The molecule has 9 aromatic rings. The highest BCUT2D eigenvalue weighted by atomic mass is 16.3. The zero-order valence-corrected chi connectivity index (χ0v) is 48.1. The summed E-state index contributed by atoms with van der Waals surface area (Å²) in [5, 5.41) is 11.6. The Morgan fingerprint density at radius 1 is 0.529 bits per heavy atom. The summed E-state index contributed by atoms with van der Waals surface area (Å²) in [4.78, 5) is 95.8. The molecule has 4 aromatic heterocycles. The van der Waals surface area contributed by atoms with Crippen LogP contribution < -0.4 is 32.7 Å². The molecule has 0 radical (unpaired) electrons. The Kier molecular flexibility index (Phi) is 19.8. The SMILES string of the molecule is Cc1ncc(-c2ccc(C(=O)N3CCC[C@@H]3CN3CCCC3)cc2)nc1C(=O)Nc1ccccc1.Nc1ncc(-c2ccc(C(=O)N3CCCNCC3)cc2)nc1C(=O)Nc1ccccc1.Nc1ncc(-c2ccco2)nc1C(=O)Nc1ccccc1.[HH].[HH].[HH].[HH].[HH].[HH]. The van der Waals surface area contributed by atoms with Crippen molar-refractivity contribution in [1.29, 1.82) is 0 Å². The maximum atomic E-state index is 13.3. The number of aryl methyl sites for hydroxylation is 1. The second-order valence-corrected chi connectivity index (χ2v) is 21.0. The lowest BCUT2D eigenvalue weighted by Gasteiger charge is -2.28. The van der Waals surface area contributed by atoms with E-state index in [1.807, 2.05) is 113 Å². The van der Waals surface area contributed by atoms with Crippen LogP contribution in [0.3, 0.4) is 0 Å². The number of hydrogen-bond donors (Lipinski definition) is 6. The van der Waals surface area contributed by atoms with Gasteiger partial charge in [-0.15, -0.1) is 0 Å². The number of aromatic nitrogens is 6. The van der Waals surface area contributed by atoms with E-state index < -0.39 is 11.8 Å². The lowest BCUT2D eigenvalue weighted by Crippen LogP contribution is -2.42. The molecule has 8 N–H and O–H groups in total. The van der Waals surface area contributed by atoms with Gasteiger partial charge in [0, 0.05) is 86.6 Å². The number of carbonyl (C=O) groups is 5. The minimum Gasteiger partial charge on any atom is -0.463 e. The third-order valence-electron chi connectivity index (χ3n) is 14.9. The van der Waals surface area contributed by atoms with Crippen molar-refractivity contribution in [3.8, 4) is 34.0 Å². The second kappa shape index (κ2) is 28.9. The number of amides is 5. The molecule has 3 aliphatic rings. The molecule has 5 aromatic carbocycles. The smallest absolute Gasteiger partial charge is 0.278 e. The van der Waals surface area contributed by atoms with E-state index in [-0.39, 0.29) is 55.0 Å². The average molecular weight is 1180 g/mol. The van der Waals surface area contributed by atoms with Crippen LogP contribution in [0, 0.1) is 6.92 Å². The maximum Gasteiger partial charge on any atom is 0.278 e. The van der Waals surface area contributed by atoms with Crippen molar-refractivity contribution < 1.29 is 36.9 Å². The molecule has 0 spiro atoms. The van der Waals surface area contributed by atoms with Gasteiger partial charge in [-0.25, -0.2) is 24.9 Å². The van der Waals surface area contributed by atoms with E-state index in [0.717, 1.165) is 76.2 Å². The molecule has 3 aliphatic heterocycles. The van der Waals surface area contributed by atoms with Crippen LogP contribution in [0.1, 0.15) is 98.5 Å². The predicted octanol–water partition coefficient (Wildman–Crippen LogP) is 10.9. The van der Waals surface area contributed by atoms with Crippen molar-refractivity contribution in [1.82, 2.24) is 49.9 Å². The Bertz CT molecular complexity index is 3820. The molecule has 454 valence electrons. The van der Waals surface area contributed by atoms with E-state index >= 15 is 0 Å². The Hall–Kier alpha value is -10.5. The molecular formula is C66H79N15O6. The number of nitrogens with one attached hydrogen (secondary N) is 4. The highest BCUT2D eigenvalue weighted by Crippen LogP contribution is 2.27. The zero-order valence-electron chi connectivity index (χ0n) is 48.1. The Balaban J connectivity index is 0.000000296. The van der Waals surface area contributed by atoms with Gasteiger partial charge >= 0.3 is 0 Å². The summed E-state index contributed by atoms with van der Waals surface area (Å²) >= 11 is 0. The van der Waals surface area contributed by atoms with Crippen LogP contribution in [0.4, 0.5) is 28.7 Å². The van der Waals surface area contributed by atoms with E-state index in [1.54, 1.807) is 61.7 Å². The quantitative estimate of drug-likeness (QED) is 0.0626. The van der Waals surface area contributed by atoms with E-state index in [9.17, 15) is 24.0 Å². The topological polar surface area (TPSA) is 286 Å². The standard InChI is InChI=1S/C28H31N5O2.C23H24N6O2.C15H12N4O2.6H2/c1-20-26(27(34)30-23-8-3-2-4-9-23)31-25(18-29-20)21-11-13-22(14-12-21)28(35)33-17-7-10-24(33)19-32-15-5-6-16-32;24-21-20(22(30)27-18-5-2-1-3-6-18)28-19(15-26-21)16-7-9-17(10-8-16)23(31)29-13-4-11-25-12-14-29;16-14-13(15(20)18-10-5-2-1-3-6-10)19-11(9-17-14)12-7-4-8-21-12;;;;;;/h2-4,8-9,11-14,18,24H,5-7,10,15-17,19H2,1H3,(H,30,34);1-3,5-10,15,25H,4,11-14H2,(H2,24,26)(H,27,30);1-9H,(H2,16,17)(H,18,20);6*1H/t24-;;;;;;;;/m1......../s1. The number of benzene rings is 5. The number of nitrogen functional groups attached to an aromatic ring is 2. The normalized spacial score (nSPS) is 14.7. The number of anilines is 5. The van der Waals surface area contributed by atoms with E-state index in [1.165, 1.54) is 31.5 Å². The van der Waals surface area contributed by atoms with Gasteiger partial charge in [-0.1, -0.05) is 78.9 Å². The molecule has 87 heavy (non-hydrogen) atoms. The van der Waals surface area contributed by atoms with E-state index in [2.05, 4.69) is 56.1 Å². The highest BCUT2D eigenvalue weighted by molar-refractivity contribution is 6.07. The van der Waals surface area contributed by atoms with Crippen LogP contribution in [0.5, 0.6) is 0 Å². The molecule has 5 amide bonds. The zero-order chi connectivity index (χ0) is 60.5. The van der Waals surface area contributed by atoms with Crippen molar-refractivity contribution in [2.45, 2.75) is 45.1 Å². The third kappa shape index (κ3) is 15.6. The largest absolute Gasteiger partial charge is 0.463 e. The molecule has 0 aliphatic carbocycles. The van der Waals surface area contributed by atoms with Crippen LogP contribution >= 0.6 is 0 Å². The summed E-state index contributed by atoms with van der Waals surface area (Å²) in [5.74, 6) is -0.390. The summed E-state index contributed by atoms with van der Waals surface area (Å²) < 4.78 is 5.24. The van der Waals surface area contributed by atoms with Crippen LogP contribution in [0.15, 0.2) is 181 Å². The highest BCUT2D eigenvalue weighted by Gasteiger charge is 2.32. The first-order valence-corrected chi connectivity index (χ1v) is 28.9. The number of rotatable bonds is 13. The molecule has 1 atom stereocenters. The minimum absolute atomic E-state index is 0. The Morgan fingerprint density at radius 2 is 1.02 bits per heavy atom. The Labute approximate surface area is 512 Å². The number of nitrogens with zero attached hydrogens (tertiary/aromatic N) is 9. The van der Waals surface area contributed by atoms with Gasteiger partial charge in [-0.3, -0.25) is 29.0 Å². The first-order chi connectivity index (χ1) is 42.4. The van der Waals surface area contributed by atoms with Gasteiger partial charge in [0.25, 0.3) is 29.5 Å². The van der Waals surface area contributed by atoms with Gasteiger partial charge in [0.05, 0.1) is 41.9 Å². The fraction of sp³-hybridized carbons (Fsp3) is 0.227. The van der Waals surface area contributed by atoms with E-state index in [4.69, 9.17) is 15.9 Å². The van der Waals surface area contributed by atoms with Crippen molar-refractivity contribution in [3.05, 3.63) is 210 Å². The lowest BCUT2D eigenvalue weighted by atomic mass is 10.1. The number of para-hydroxylation sites is 3. The van der Waals surface area contributed by atoms with Crippen LogP contribution in [0.2, 0.25) is 0 Å². The average Bonchev–Trinajstić information content (AvgIpc) is 2.00. The fourth-order valence-electron chi connectivity index (χ4n) is 10.3. The maximum absolute atomic E-state index is 13.3. The molecule has 0 saturated carbocycles. The molecule has 3 saturated heterocycles. The van der Waals surface area contributed by atoms with Crippen LogP contribution in [0.25, 0.3) is 34.0 Å². The number of nitrogens with two attached hydrogens (primary N) is 2. The number of likely N-dealkylation sites (tertiary alicyclic amines) is 2. The van der Waals surface area contributed by atoms with Crippen LogP contribution in [-0.2, 0) is 0 Å². The van der Waals surface area contributed by atoms with Gasteiger partial charge in [0.2, 0.25) is 0 Å². The van der Waals surface area contributed by atoms with Gasteiger partial charge in [0.15, 0.2) is 28.8 Å². The number of hydrogen-bond acceptors (Lipinski definition) is 16. The molecule has 7 heterocycles. The summed E-state index contributed by atoms with van der Waals surface area (Å²) in [6.45, 7) is 9.05. The Morgan fingerprint density at radius 3 is 1.56 bits per heavy atom. The third-order valence-corrected chi connectivity index (χ3v) is 14.9. The molecule has 12 rings (SSSR count). The predicted molar refractivity (Wildman–Crippen MR) is 347 cm³/mol. The van der Waals surface area contributed by atoms with Crippen LogP contribution in [-0.4, -0.2) is 133 Å². The first kappa shape index (κ1) is 59.6. The van der Waals surface area contributed by atoms with Crippen molar-refractivity contribution in [3.63, 3.8) is 0 Å². The number of carbonyl (C=O) groups excluding carboxylic acids is 5. The molecule has 3 fully saturated rings. The molecule has 0 bridgehead atoms. The van der Waals surface area contributed by atoms with Crippen molar-refractivity contribution >= 4 is 58.2 Å². The molecule has 0 unspecified atom stereocenters. The molecule has 21 heteroatoms. The molecular weight excluding hydrogens is 1100 g/mol.